The van der Waals surface area contributed by atoms with Gasteiger partial charge in [0.25, 0.3) is 0 Å². The first kappa shape index (κ1) is 18.9. The molecule has 1 aromatic carbocycles. The molecule has 0 aliphatic carbocycles. The van der Waals surface area contributed by atoms with Gasteiger partial charge >= 0.3 is 17.9 Å². The highest BCUT2D eigenvalue weighted by molar-refractivity contribution is 6.05. The number of carboxylic acids is 1. The SMILES string of the molecule is COC(=O)C1=C(C(=O)OC)N(c2cc(C(=O)O)cc(F)c2C)C=CC=C1. The Labute approximate surface area is 148 Å². The molecule has 0 atom stereocenters. The van der Waals surface area contributed by atoms with Crippen molar-refractivity contribution in [3.8, 4) is 0 Å². The molecule has 2 rings (SSSR count). The fraction of sp³-hybridized carbons (Fsp3) is 0.167. The summed E-state index contributed by atoms with van der Waals surface area (Å²) in [6.45, 7) is 1.43. The van der Waals surface area contributed by atoms with Crippen LogP contribution in [0.25, 0.3) is 0 Å². The molecule has 0 radical (unpaired) electrons. The molecule has 1 aromatic rings. The minimum atomic E-state index is -1.33. The van der Waals surface area contributed by atoms with Crippen LogP contribution in [0.4, 0.5) is 10.1 Å². The minimum Gasteiger partial charge on any atom is -0.478 e. The van der Waals surface area contributed by atoms with Crippen LogP contribution in [0.1, 0.15) is 15.9 Å². The molecule has 0 saturated heterocycles. The number of hydrogen-bond acceptors (Lipinski definition) is 6. The van der Waals surface area contributed by atoms with Gasteiger partial charge in [0.05, 0.1) is 31.0 Å². The molecular formula is C18H16FNO6. The van der Waals surface area contributed by atoms with E-state index in [1.807, 2.05) is 0 Å². The Morgan fingerprint density at radius 1 is 1.08 bits per heavy atom. The highest BCUT2D eigenvalue weighted by Crippen LogP contribution is 2.31. The molecule has 0 saturated carbocycles. The number of rotatable bonds is 4. The molecule has 0 fully saturated rings. The summed E-state index contributed by atoms with van der Waals surface area (Å²) in [7, 11) is 2.28. The minimum absolute atomic E-state index is 0.0733. The maximum atomic E-state index is 14.2. The predicted octanol–water partition coefficient (Wildman–Crippen LogP) is 2.32. The lowest BCUT2D eigenvalue weighted by atomic mass is 10.1. The topological polar surface area (TPSA) is 93.1 Å². The number of anilines is 1. The molecule has 136 valence electrons. The number of esters is 2. The van der Waals surface area contributed by atoms with Gasteiger partial charge in [-0.1, -0.05) is 6.08 Å². The zero-order chi connectivity index (χ0) is 19.4. The van der Waals surface area contributed by atoms with Crippen molar-refractivity contribution in [2.45, 2.75) is 6.92 Å². The zero-order valence-electron chi connectivity index (χ0n) is 14.3. The lowest BCUT2D eigenvalue weighted by molar-refractivity contribution is -0.139. The normalized spacial score (nSPS) is 13.5. The van der Waals surface area contributed by atoms with Crippen molar-refractivity contribution in [1.29, 1.82) is 0 Å². The van der Waals surface area contributed by atoms with Crippen molar-refractivity contribution >= 4 is 23.6 Å². The molecule has 0 aromatic heterocycles. The number of methoxy groups -OCH3 is 2. The molecule has 1 N–H and O–H groups in total. The van der Waals surface area contributed by atoms with Gasteiger partial charge in [-0.3, -0.25) is 0 Å². The predicted molar refractivity (Wildman–Crippen MR) is 89.9 cm³/mol. The van der Waals surface area contributed by atoms with Crippen LogP contribution in [0.2, 0.25) is 0 Å². The number of allylic oxidation sites excluding steroid dienone is 2. The molecule has 1 aliphatic heterocycles. The van der Waals surface area contributed by atoms with E-state index in [9.17, 15) is 23.9 Å². The maximum absolute atomic E-state index is 14.2. The molecule has 26 heavy (non-hydrogen) atoms. The second-order valence-corrected chi connectivity index (χ2v) is 5.22. The van der Waals surface area contributed by atoms with Crippen molar-refractivity contribution in [3.05, 3.63) is 64.8 Å². The van der Waals surface area contributed by atoms with Crippen molar-refractivity contribution in [1.82, 2.24) is 0 Å². The van der Waals surface area contributed by atoms with Crippen LogP contribution >= 0.6 is 0 Å². The number of halogens is 1. The van der Waals surface area contributed by atoms with Crippen LogP contribution in [-0.4, -0.2) is 37.2 Å². The summed E-state index contributed by atoms with van der Waals surface area (Å²) < 4.78 is 23.7. The number of ether oxygens (including phenoxy) is 2. The molecule has 0 bridgehead atoms. The number of benzene rings is 1. The Kier molecular flexibility index (Phi) is 5.56. The van der Waals surface area contributed by atoms with Crippen LogP contribution in [0.15, 0.2) is 47.8 Å². The van der Waals surface area contributed by atoms with Gasteiger partial charge in [-0.15, -0.1) is 0 Å². The Bertz CT molecular complexity index is 869. The monoisotopic (exact) mass is 361 g/mol. The van der Waals surface area contributed by atoms with E-state index < -0.39 is 23.7 Å². The number of hydrogen-bond donors (Lipinski definition) is 1. The van der Waals surface area contributed by atoms with Crippen LogP contribution in [-0.2, 0) is 19.1 Å². The standard InChI is InChI=1S/C18H16FNO6/c1-10-13(19)8-11(16(21)22)9-14(10)20-7-5-4-6-12(17(23)25-2)15(20)18(24)26-3/h4-9H,1-3H3,(H,21,22). The van der Waals surface area contributed by atoms with E-state index in [1.54, 1.807) is 0 Å². The van der Waals surface area contributed by atoms with Gasteiger partial charge in [0.2, 0.25) is 0 Å². The fourth-order valence-electron chi connectivity index (χ4n) is 2.39. The number of carbonyl (C=O) groups excluding carboxylic acids is 2. The first-order valence-corrected chi connectivity index (χ1v) is 7.40. The van der Waals surface area contributed by atoms with Gasteiger partial charge in [0, 0.05) is 11.8 Å². The van der Waals surface area contributed by atoms with E-state index in [1.165, 1.54) is 42.3 Å². The first-order chi connectivity index (χ1) is 12.3. The van der Waals surface area contributed by atoms with E-state index in [0.29, 0.717) is 0 Å². The fourth-order valence-corrected chi connectivity index (χ4v) is 2.39. The Morgan fingerprint density at radius 2 is 1.73 bits per heavy atom. The highest BCUT2D eigenvalue weighted by Gasteiger charge is 2.29. The molecule has 0 amide bonds. The Hall–Kier alpha value is -3.42. The lowest BCUT2D eigenvalue weighted by Gasteiger charge is -2.25. The molecule has 0 unspecified atom stereocenters. The van der Waals surface area contributed by atoms with E-state index in [0.717, 1.165) is 20.3 Å². The molecule has 7 nitrogen and oxygen atoms in total. The van der Waals surface area contributed by atoms with Gasteiger partial charge < -0.3 is 19.5 Å². The van der Waals surface area contributed by atoms with E-state index >= 15 is 0 Å². The molecular weight excluding hydrogens is 345 g/mol. The summed E-state index contributed by atoms with van der Waals surface area (Å²) in [6.07, 6.45) is 5.74. The van der Waals surface area contributed by atoms with E-state index in [2.05, 4.69) is 0 Å². The van der Waals surface area contributed by atoms with Gasteiger partial charge in [-0.05, 0) is 31.2 Å². The third-order valence-corrected chi connectivity index (χ3v) is 3.71. The second kappa shape index (κ2) is 7.64. The number of nitrogens with zero attached hydrogens (tertiary/aromatic N) is 1. The van der Waals surface area contributed by atoms with Crippen LogP contribution in [0.3, 0.4) is 0 Å². The van der Waals surface area contributed by atoms with Crippen LogP contribution in [0, 0.1) is 12.7 Å². The summed E-state index contributed by atoms with van der Waals surface area (Å²) in [5.74, 6) is -3.78. The summed E-state index contributed by atoms with van der Waals surface area (Å²) in [6, 6.07) is 2.08. The van der Waals surface area contributed by atoms with Crippen molar-refractivity contribution in [2.75, 3.05) is 19.1 Å². The smallest absolute Gasteiger partial charge is 0.355 e. The second-order valence-electron chi connectivity index (χ2n) is 5.22. The molecule has 1 aliphatic rings. The number of aromatic carboxylic acids is 1. The van der Waals surface area contributed by atoms with Gasteiger partial charge in [0.15, 0.2) is 0 Å². The Balaban J connectivity index is 2.79. The number of carbonyl (C=O) groups is 3. The summed E-state index contributed by atoms with van der Waals surface area (Å²) in [5.41, 5.74) is -0.492. The van der Waals surface area contributed by atoms with Crippen molar-refractivity contribution < 1.29 is 33.4 Å². The first-order valence-electron chi connectivity index (χ1n) is 7.40. The molecule has 1 heterocycles. The van der Waals surface area contributed by atoms with Crippen molar-refractivity contribution in [2.24, 2.45) is 0 Å². The van der Waals surface area contributed by atoms with Crippen molar-refractivity contribution in [3.63, 3.8) is 0 Å². The molecule has 8 heteroatoms. The average molecular weight is 361 g/mol. The van der Waals surface area contributed by atoms with Gasteiger partial charge in [0.1, 0.15) is 11.5 Å². The third-order valence-electron chi connectivity index (χ3n) is 3.71. The van der Waals surface area contributed by atoms with E-state index in [-0.39, 0.29) is 28.1 Å². The number of carboxylic acid groups (broad SMARTS) is 1. The van der Waals surface area contributed by atoms with Crippen LogP contribution in [0.5, 0.6) is 0 Å². The summed E-state index contributed by atoms with van der Waals surface area (Å²) >= 11 is 0. The Morgan fingerprint density at radius 3 is 2.31 bits per heavy atom. The average Bonchev–Trinajstić information content (AvgIpc) is 2.85. The third kappa shape index (κ3) is 3.49. The zero-order valence-corrected chi connectivity index (χ0v) is 14.3. The molecule has 0 spiro atoms. The summed E-state index contributed by atoms with van der Waals surface area (Å²) in [4.78, 5) is 36.9. The van der Waals surface area contributed by atoms with Gasteiger partial charge in [-0.25, -0.2) is 18.8 Å². The quantitative estimate of drug-likeness (QED) is 0.823. The largest absolute Gasteiger partial charge is 0.478 e. The van der Waals surface area contributed by atoms with Crippen LogP contribution < -0.4 is 4.90 Å². The lowest BCUT2D eigenvalue weighted by Crippen LogP contribution is -2.27. The summed E-state index contributed by atoms with van der Waals surface area (Å²) in [5, 5.41) is 9.18. The highest BCUT2D eigenvalue weighted by atomic mass is 19.1. The van der Waals surface area contributed by atoms with E-state index in [4.69, 9.17) is 9.47 Å². The maximum Gasteiger partial charge on any atom is 0.355 e. The van der Waals surface area contributed by atoms with Gasteiger partial charge in [-0.2, -0.15) is 0 Å².